The molecule has 2 aromatic carbocycles. The van der Waals surface area contributed by atoms with Gasteiger partial charge < -0.3 is 15.0 Å². The molecule has 1 aromatic heterocycles. The number of nitro groups is 1. The molecule has 0 saturated carbocycles. The molecule has 0 atom stereocenters. The molecule has 1 amide bonds. The summed E-state index contributed by atoms with van der Waals surface area (Å²) in [5.74, 6) is -1.52. The first-order valence-corrected chi connectivity index (χ1v) is 7.76. The van der Waals surface area contributed by atoms with E-state index in [1.54, 1.807) is 22.9 Å². The average molecular weight is 353 g/mol. The monoisotopic (exact) mass is 353 g/mol. The van der Waals surface area contributed by atoms with Gasteiger partial charge in [0.2, 0.25) is 5.91 Å². The second-order valence-electron chi connectivity index (χ2n) is 5.70. The number of carbonyl (C=O) groups excluding carboxylic acids is 1. The van der Waals surface area contributed by atoms with Crippen LogP contribution in [0, 0.1) is 10.1 Å². The van der Waals surface area contributed by atoms with Crippen LogP contribution in [0.4, 0.5) is 5.69 Å². The Kier molecular flexibility index (Phi) is 4.66. The molecule has 0 spiro atoms. The number of carboxylic acids is 1. The number of hydrogen-bond donors (Lipinski definition) is 2. The van der Waals surface area contributed by atoms with Gasteiger partial charge in [0.15, 0.2) is 0 Å². The number of aromatic nitrogens is 1. The number of nitrogens with zero attached hydrogens (tertiary/aromatic N) is 2. The summed E-state index contributed by atoms with van der Waals surface area (Å²) < 4.78 is 1.70. The number of non-ortho nitro benzene ring substituents is 1. The SMILES string of the molecule is O=C(O)CNC(=O)Cn1ccc2ccc(-c3cccc([N+](=O)[O-])c3)cc21. The highest BCUT2D eigenvalue weighted by Gasteiger charge is 2.11. The molecule has 2 N–H and O–H groups in total. The Morgan fingerprint density at radius 1 is 1.12 bits per heavy atom. The number of carbonyl (C=O) groups is 2. The molecule has 132 valence electrons. The van der Waals surface area contributed by atoms with Crippen molar-refractivity contribution in [1.82, 2.24) is 9.88 Å². The molecule has 0 aliphatic heterocycles. The number of fused-ring (bicyclic) bond motifs is 1. The number of rotatable bonds is 6. The van der Waals surface area contributed by atoms with E-state index < -0.39 is 23.3 Å². The van der Waals surface area contributed by atoms with Gasteiger partial charge in [-0.15, -0.1) is 0 Å². The summed E-state index contributed by atoms with van der Waals surface area (Å²) in [6.07, 6.45) is 1.74. The van der Waals surface area contributed by atoms with Gasteiger partial charge in [-0.2, -0.15) is 0 Å². The van der Waals surface area contributed by atoms with Crippen LogP contribution in [-0.4, -0.2) is 33.0 Å². The predicted molar refractivity (Wildman–Crippen MR) is 94.7 cm³/mol. The Morgan fingerprint density at radius 2 is 1.88 bits per heavy atom. The van der Waals surface area contributed by atoms with E-state index in [1.165, 1.54) is 12.1 Å². The van der Waals surface area contributed by atoms with Gasteiger partial charge in [-0.1, -0.05) is 24.3 Å². The molecule has 8 nitrogen and oxygen atoms in total. The van der Waals surface area contributed by atoms with Crippen LogP contribution in [0.3, 0.4) is 0 Å². The molecule has 0 unspecified atom stereocenters. The van der Waals surface area contributed by atoms with Crippen molar-refractivity contribution < 1.29 is 19.6 Å². The summed E-state index contributed by atoms with van der Waals surface area (Å²) in [6, 6.07) is 13.7. The zero-order valence-electron chi connectivity index (χ0n) is 13.6. The Balaban J connectivity index is 1.91. The number of aliphatic carboxylic acids is 1. The van der Waals surface area contributed by atoms with Crippen molar-refractivity contribution in [2.45, 2.75) is 6.54 Å². The van der Waals surface area contributed by atoms with Crippen LogP contribution in [0.15, 0.2) is 54.7 Å². The van der Waals surface area contributed by atoms with Gasteiger partial charge in [0.1, 0.15) is 13.1 Å². The highest BCUT2D eigenvalue weighted by Crippen LogP contribution is 2.27. The Morgan fingerprint density at radius 3 is 2.62 bits per heavy atom. The smallest absolute Gasteiger partial charge is 0.322 e. The van der Waals surface area contributed by atoms with E-state index in [9.17, 15) is 19.7 Å². The highest BCUT2D eigenvalue weighted by atomic mass is 16.6. The van der Waals surface area contributed by atoms with E-state index in [4.69, 9.17) is 5.11 Å². The molecule has 8 heteroatoms. The normalized spacial score (nSPS) is 10.6. The van der Waals surface area contributed by atoms with Gasteiger partial charge in [-0.25, -0.2) is 0 Å². The predicted octanol–water partition coefficient (Wildman–Crippen LogP) is 2.42. The van der Waals surface area contributed by atoms with Crippen LogP contribution in [0.2, 0.25) is 0 Å². The summed E-state index contributed by atoms with van der Waals surface area (Å²) in [5, 5.41) is 22.8. The lowest BCUT2D eigenvalue weighted by Crippen LogP contribution is -2.31. The van der Waals surface area contributed by atoms with Crippen molar-refractivity contribution >= 4 is 28.5 Å². The number of nitrogens with one attached hydrogen (secondary N) is 1. The van der Waals surface area contributed by atoms with Gasteiger partial charge >= 0.3 is 5.97 Å². The van der Waals surface area contributed by atoms with Crippen molar-refractivity contribution in [1.29, 1.82) is 0 Å². The lowest BCUT2D eigenvalue weighted by atomic mass is 10.0. The lowest BCUT2D eigenvalue weighted by molar-refractivity contribution is -0.384. The maximum absolute atomic E-state index is 11.9. The van der Waals surface area contributed by atoms with Gasteiger partial charge in [-0.05, 0) is 28.6 Å². The van der Waals surface area contributed by atoms with Crippen LogP contribution in [-0.2, 0) is 16.1 Å². The number of hydrogen-bond acceptors (Lipinski definition) is 4. The fourth-order valence-corrected chi connectivity index (χ4v) is 2.69. The summed E-state index contributed by atoms with van der Waals surface area (Å²) in [6.45, 7) is -0.452. The minimum atomic E-state index is -1.11. The number of carboxylic acid groups (broad SMARTS) is 1. The van der Waals surface area contributed by atoms with Crippen LogP contribution >= 0.6 is 0 Å². The maximum atomic E-state index is 11.9. The fraction of sp³-hybridized carbons (Fsp3) is 0.111. The molecule has 3 rings (SSSR count). The lowest BCUT2D eigenvalue weighted by Gasteiger charge is -2.07. The van der Waals surface area contributed by atoms with Gasteiger partial charge in [-0.3, -0.25) is 19.7 Å². The van der Waals surface area contributed by atoms with E-state index >= 15 is 0 Å². The second-order valence-corrected chi connectivity index (χ2v) is 5.70. The van der Waals surface area contributed by atoms with Crippen molar-refractivity contribution in [2.24, 2.45) is 0 Å². The summed E-state index contributed by atoms with van der Waals surface area (Å²) >= 11 is 0. The van der Waals surface area contributed by atoms with Crippen molar-refractivity contribution in [2.75, 3.05) is 6.54 Å². The Hall–Kier alpha value is -3.68. The minimum Gasteiger partial charge on any atom is -0.480 e. The van der Waals surface area contributed by atoms with Crippen LogP contribution < -0.4 is 5.32 Å². The fourth-order valence-electron chi connectivity index (χ4n) is 2.69. The third-order valence-electron chi connectivity index (χ3n) is 3.91. The number of nitro benzene ring substituents is 1. The molecule has 0 fully saturated rings. The van der Waals surface area contributed by atoms with Crippen LogP contribution in [0.5, 0.6) is 0 Å². The van der Waals surface area contributed by atoms with Crippen LogP contribution in [0.1, 0.15) is 0 Å². The number of amides is 1. The Labute approximate surface area is 147 Å². The van der Waals surface area contributed by atoms with Crippen molar-refractivity contribution in [3.8, 4) is 11.1 Å². The highest BCUT2D eigenvalue weighted by molar-refractivity contribution is 5.88. The van der Waals surface area contributed by atoms with Crippen LogP contribution in [0.25, 0.3) is 22.0 Å². The zero-order valence-corrected chi connectivity index (χ0v) is 13.6. The standard InChI is InChI=1S/C18H15N3O5/c22-17(19-10-18(23)24)11-20-7-6-12-4-5-14(9-16(12)20)13-2-1-3-15(8-13)21(25)26/h1-9H,10-11H2,(H,19,22)(H,23,24). The zero-order chi connectivity index (χ0) is 18.7. The molecular weight excluding hydrogens is 338 g/mol. The van der Waals surface area contributed by atoms with E-state index in [2.05, 4.69) is 5.32 Å². The molecule has 1 heterocycles. The third-order valence-corrected chi connectivity index (χ3v) is 3.91. The van der Waals surface area contributed by atoms with E-state index in [-0.39, 0.29) is 12.2 Å². The average Bonchev–Trinajstić information content (AvgIpc) is 3.02. The Bertz CT molecular complexity index is 1010. The molecule has 3 aromatic rings. The largest absolute Gasteiger partial charge is 0.480 e. The maximum Gasteiger partial charge on any atom is 0.322 e. The van der Waals surface area contributed by atoms with Gasteiger partial charge in [0, 0.05) is 23.8 Å². The topological polar surface area (TPSA) is 114 Å². The summed E-state index contributed by atoms with van der Waals surface area (Å²) in [4.78, 5) is 32.9. The third kappa shape index (κ3) is 3.69. The quantitative estimate of drug-likeness (QED) is 0.522. The molecular formula is C18H15N3O5. The first-order chi connectivity index (χ1) is 12.4. The molecule has 0 bridgehead atoms. The molecule has 26 heavy (non-hydrogen) atoms. The van der Waals surface area contributed by atoms with E-state index in [0.717, 1.165) is 16.5 Å². The number of benzene rings is 2. The molecule has 0 aliphatic carbocycles. The van der Waals surface area contributed by atoms with E-state index in [0.29, 0.717) is 5.56 Å². The molecule has 0 saturated heterocycles. The molecule has 0 radical (unpaired) electrons. The van der Waals surface area contributed by atoms with Crippen molar-refractivity contribution in [3.05, 3.63) is 64.8 Å². The first kappa shape index (κ1) is 17.2. The van der Waals surface area contributed by atoms with Crippen molar-refractivity contribution in [3.63, 3.8) is 0 Å². The van der Waals surface area contributed by atoms with E-state index in [1.807, 2.05) is 24.3 Å². The van der Waals surface area contributed by atoms with Gasteiger partial charge in [0.05, 0.1) is 4.92 Å². The minimum absolute atomic E-state index is 0.00558. The first-order valence-electron chi connectivity index (χ1n) is 7.76. The second kappa shape index (κ2) is 7.06. The summed E-state index contributed by atoms with van der Waals surface area (Å²) in [5.41, 5.74) is 2.27. The van der Waals surface area contributed by atoms with Gasteiger partial charge in [0.25, 0.3) is 5.69 Å². The summed E-state index contributed by atoms with van der Waals surface area (Å²) in [7, 11) is 0. The molecule has 0 aliphatic rings.